The highest BCUT2D eigenvalue weighted by Gasteiger charge is 2.32. The van der Waals surface area contributed by atoms with E-state index in [-0.39, 0.29) is 40.7 Å². The normalized spacial score (nSPS) is 13.2. The first-order chi connectivity index (χ1) is 29.6. The topological polar surface area (TPSA) is 163 Å². The van der Waals surface area contributed by atoms with Gasteiger partial charge in [0.2, 0.25) is 5.28 Å². The molecule has 322 valence electrons. The van der Waals surface area contributed by atoms with E-state index in [1.54, 1.807) is 35.3 Å². The molecule has 6 heterocycles. The van der Waals surface area contributed by atoms with Crippen LogP contribution < -0.4 is 11.1 Å². The van der Waals surface area contributed by atoms with Gasteiger partial charge in [0.15, 0.2) is 22.3 Å². The summed E-state index contributed by atoms with van der Waals surface area (Å²) >= 11 is 6.08. The Kier molecular flexibility index (Phi) is 11.4. The van der Waals surface area contributed by atoms with Gasteiger partial charge in [-0.3, -0.25) is 28.1 Å². The molecule has 0 atom stereocenters. The number of fused-ring (bicyclic) bond motifs is 2. The highest BCUT2D eigenvalue weighted by Crippen LogP contribution is 2.39. The summed E-state index contributed by atoms with van der Waals surface area (Å²) in [6.07, 6.45) is 1.20. The summed E-state index contributed by atoms with van der Waals surface area (Å²) in [5, 5.41) is 8.49. The fourth-order valence-electron chi connectivity index (χ4n) is 6.96. The monoisotopic (exact) mass is 878 g/mol. The number of imidazole rings is 2. The molecule has 1 saturated carbocycles. The van der Waals surface area contributed by atoms with Gasteiger partial charge in [-0.25, -0.2) is 15.0 Å². The summed E-state index contributed by atoms with van der Waals surface area (Å²) in [6.45, 7) is 5.31. The van der Waals surface area contributed by atoms with E-state index in [0.29, 0.717) is 64.1 Å². The molecule has 0 spiro atoms. The molecular weight excluding hydrogens is 842 g/mol. The number of benzene rings is 2. The second-order valence-corrected chi connectivity index (χ2v) is 15.2. The van der Waals surface area contributed by atoms with Gasteiger partial charge in [0.05, 0.1) is 47.7 Å². The third-order valence-electron chi connectivity index (χ3n) is 10.1. The molecule has 9 rings (SSSR count). The average molecular weight is 879 g/mol. The van der Waals surface area contributed by atoms with Crippen molar-refractivity contribution in [3.63, 3.8) is 0 Å². The van der Waals surface area contributed by atoms with E-state index in [1.807, 2.05) is 13.8 Å². The number of H-pyrrole nitrogens is 2. The maximum Gasteiger partial charge on any atom is 0.416 e. The third-order valence-corrected chi connectivity index (χ3v) is 10.3. The molecular formula is C41H37ClF6N12O2. The molecule has 2 aromatic carbocycles. The van der Waals surface area contributed by atoms with Crippen LogP contribution in [0.5, 0.6) is 0 Å². The molecule has 21 heteroatoms. The van der Waals surface area contributed by atoms with Crippen molar-refractivity contribution in [3.05, 3.63) is 127 Å². The van der Waals surface area contributed by atoms with Gasteiger partial charge in [0.1, 0.15) is 17.5 Å². The zero-order chi connectivity index (χ0) is 43.9. The molecule has 62 heavy (non-hydrogen) atoms. The standard InChI is InChI=1S/C22H21F3N6O.C19H16ClF3N6O/c1-2-8-31-20(14-6-7-14)29-19-17(21(31)32)27-18(28-19)15-10-26-30(12-15)11-13-4-3-5-16(9-13)22(23,24)25;1-2-6-29-17(30)14-16(27-18(29)20)26-15(25-14)12-8-24-28(10-12)9-11-4-3-5-13(7-11)19(21,22)23/h3-5,9-10,12,14H,2,6-8,11H2,1H3,(H,27,28);3-5,7-8,10H,2,6,9H2,1H3,(H,25,26). The van der Waals surface area contributed by atoms with Gasteiger partial charge in [-0.05, 0) is 72.7 Å². The lowest BCUT2D eigenvalue weighted by Gasteiger charge is -2.09. The predicted octanol–water partition coefficient (Wildman–Crippen LogP) is 8.45. The SMILES string of the molecule is CCCn1c(C2CC2)nc2nc(-c3cnn(Cc4cccc(C(F)(F)F)c4)c3)[nH]c2c1=O.CCCn1c(Cl)nc2nc(-c3cnn(Cc4cccc(C(F)(F)F)c4)c3)[nH]c2c1=O. The van der Waals surface area contributed by atoms with Crippen LogP contribution in [0.25, 0.3) is 45.1 Å². The smallest absolute Gasteiger partial charge is 0.332 e. The van der Waals surface area contributed by atoms with Crippen molar-refractivity contribution in [2.45, 2.75) is 84.0 Å². The number of rotatable bonds is 11. The number of alkyl halides is 6. The van der Waals surface area contributed by atoms with Crippen LogP contribution in [0, 0.1) is 0 Å². The highest BCUT2D eigenvalue weighted by atomic mass is 35.5. The lowest BCUT2D eigenvalue weighted by atomic mass is 10.1. The Balaban J connectivity index is 0.000000171. The molecule has 0 saturated heterocycles. The maximum absolute atomic E-state index is 13.0. The number of aromatic nitrogens is 12. The molecule has 8 aromatic rings. The van der Waals surface area contributed by atoms with E-state index in [9.17, 15) is 35.9 Å². The molecule has 1 aliphatic carbocycles. The average Bonchev–Trinajstić information content (AvgIpc) is 3.56. The lowest BCUT2D eigenvalue weighted by Crippen LogP contribution is -2.25. The minimum Gasteiger partial charge on any atom is -0.332 e. The van der Waals surface area contributed by atoms with Gasteiger partial charge in [0.25, 0.3) is 11.1 Å². The Bertz CT molecular complexity index is 3030. The van der Waals surface area contributed by atoms with Crippen LogP contribution in [-0.4, -0.2) is 58.6 Å². The summed E-state index contributed by atoms with van der Waals surface area (Å²) in [5.74, 6) is 1.93. The molecule has 2 N–H and O–H groups in total. The Hall–Kier alpha value is -6.57. The fourth-order valence-corrected chi connectivity index (χ4v) is 7.20. The lowest BCUT2D eigenvalue weighted by molar-refractivity contribution is -0.138. The van der Waals surface area contributed by atoms with Gasteiger partial charge < -0.3 is 9.97 Å². The number of nitrogens with one attached hydrogen (secondary N) is 2. The summed E-state index contributed by atoms with van der Waals surface area (Å²) in [4.78, 5) is 49.2. The molecule has 1 fully saturated rings. The zero-order valence-corrected chi connectivity index (χ0v) is 33.9. The summed E-state index contributed by atoms with van der Waals surface area (Å²) in [7, 11) is 0. The van der Waals surface area contributed by atoms with E-state index in [0.717, 1.165) is 55.8 Å². The molecule has 0 unspecified atom stereocenters. The predicted molar refractivity (Wildman–Crippen MR) is 217 cm³/mol. The number of nitrogens with zero attached hydrogens (tertiary/aromatic N) is 10. The van der Waals surface area contributed by atoms with Crippen molar-refractivity contribution in [1.29, 1.82) is 0 Å². The number of halogens is 7. The zero-order valence-electron chi connectivity index (χ0n) is 33.1. The number of hydrogen-bond acceptors (Lipinski definition) is 8. The summed E-state index contributed by atoms with van der Waals surface area (Å²) in [5.41, 5.74) is 1.44. The first-order valence-corrected chi connectivity index (χ1v) is 20.0. The highest BCUT2D eigenvalue weighted by molar-refractivity contribution is 6.28. The first kappa shape index (κ1) is 42.1. The molecule has 0 aliphatic heterocycles. The largest absolute Gasteiger partial charge is 0.416 e. The van der Waals surface area contributed by atoms with Gasteiger partial charge in [-0.2, -0.15) is 41.5 Å². The van der Waals surface area contributed by atoms with Crippen LogP contribution in [0.3, 0.4) is 0 Å². The Morgan fingerprint density at radius 3 is 1.61 bits per heavy atom. The fraction of sp³-hybridized carbons (Fsp3) is 0.317. The molecule has 1 aliphatic rings. The number of aromatic amines is 2. The van der Waals surface area contributed by atoms with Crippen molar-refractivity contribution < 1.29 is 26.3 Å². The van der Waals surface area contributed by atoms with Gasteiger partial charge in [-0.15, -0.1) is 0 Å². The summed E-state index contributed by atoms with van der Waals surface area (Å²) < 4.78 is 83.7. The van der Waals surface area contributed by atoms with Crippen LogP contribution in [0.15, 0.2) is 82.9 Å². The Morgan fingerprint density at radius 1 is 0.677 bits per heavy atom. The minimum absolute atomic E-state index is 0.0626. The minimum atomic E-state index is -4.40. The molecule has 14 nitrogen and oxygen atoms in total. The molecule has 6 aromatic heterocycles. The molecule has 0 bridgehead atoms. The second kappa shape index (κ2) is 16.7. The van der Waals surface area contributed by atoms with Gasteiger partial charge in [-0.1, -0.05) is 38.1 Å². The second-order valence-electron chi connectivity index (χ2n) is 14.9. The Morgan fingerprint density at radius 2 is 1.15 bits per heavy atom. The van der Waals surface area contributed by atoms with Crippen LogP contribution >= 0.6 is 11.6 Å². The Labute approximate surface area is 352 Å². The number of hydrogen-bond donors (Lipinski definition) is 2. The van der Waals surface area contributed by atoms with Crippen LogP contribution in [0.2, 0.25) is 5.28 Å². The van der Waals surface area contributed by atoms with E-state index in [4.69, 9.17) is 11.6 Å². The van der Waals surface area contributed by atoms with E-state index in [1.165, 1.54) is 32.3 Å². The van der Waals surface area contributed by atoms with Crippen molar-refractivity contribution in [2.75, 3.05) is 0 Å². The van der Waals surface area contributed by atoms with Crippen molar-refractivity contribution in [2.24, 2.45) is 0 Å². The quantitative estimate of drug-likeness (QED) is 0.0966. The van der Waals surface area contributed by atoms with E-state index >= 15 is 0 Å². The first-order valence-electron chi connectivity index (χ1n) is 19.6. The van der Waals surface area contributed by atoms with Gasteiger partial charge in [0, 0.05) is 31.4 Å². The van der Waals surface area contributed by atoms with Crippen molar-refractivity contribution >= 4 is 33.9 Å². The van der Waals surface area contributed by atoms with Crippen molar-refractivity contribution in [1.82, 2.24) is 58.6 Å². The van der Waals surface area contributed by atoms with Crippen molar-refractivity contribution in [3.8, 4) is 22.8 Å². The van der Waals surface area contributed by atoms with Gasteiger partial charge >= 0.3 is 12.4 Å². The summed E-state index contributed by atoms with van der Waals surface area (Å²) in [6, 6.07) is 10.2. The molecule has 0 radical (unpaired) electrons. The maximum atomic E-state index is 13.0. The third kappa shape index (κ3) is 8.90. The van der Waals surface area contributed by atoms with Crippen LogP contribution in [0.4, 0.5) is 26.3 Å². The molecule has 0 amide bonds. The van der Waals surface area contributed by atoms with E-state index < -0.39 is 23.5 Å². The van der Waals surface area contributed by atoms with Crippen LogP contribution in [0.1, 0.15) is 73.5 Å². The van der Waals surface area contributed by atoms with E-state index in [2.05, 4.69) is 40.1 Å². The van der Waals surface area contributed by atoms with Crippen LogP contribution in [-0.2, 0) is 38.5 Å².